The van der Waals surface area contributed by atoms with Crippen LogP contribution in [0.15, 0.2) is 58.3 Å². The van der Waals surface area contributed by atoms with Crippen molar-refractivity contribution in [1.29, 1.82) is 0 Å². The van der Waals surface area contributed by atoms with Crippen molar-refractivity contribution in [2.75, 3.05) is 25.2 Å². The van der Waals surface area contributed by atoms with Gasteiger partial charge in [0.1, 0.15) is 22.9 Å². The van der Waals surface area contributed by atoms with Crippen molar-refractivity contribution in [3.8, 4) is 11.5 Å². The molecule has 0 spiro atoms. The van der Waals surface area contributed by atoms with E-state index in [1.807, 2.05) is 6.92 Å². The number of carbonyl (C=O) groups excluding carboxylic acids is 2. The monoisotopic (exact) mass is 550 g/mol. The first-order valence-corrected chi connectivity index (χ1v) is 12.8. The number of hydrogen-bond acceptors (Lipinski definition) is 9. The molecule has 9 nitrogen and oxygen atoms in total. The maximum Gasteiger partial charge on any atom is 0.350 e. The highest BCUT2D eigenvalue weighted by molar-refractivity contribution is 7.17. The van der Waals surface area contributed by atoms with E-state index in [-0.39, 0.29) is 38.9 Å². The number of thiazole rings is 1. The lowest BCUT2D eigenvalue weighted by atomic mass is 9.98. The van der Waals surface area contributed by atoms with Crippen molar-refractivity contribution >= 4 is 39.3 Å². The van der Waals surface area contributed by atoms with E-state index in [9.17, 15) is 18.8 Å². The van der Waals surface area contributed by atoms with Crippen LogP contribution >= 0.6 is 11.3 Å². The molecule has 2 aromatic carbocycles. The summed E-state index contributed by atoms with van der Waals surface area (Å²) in [5, 5.41) is 0.156. The molecule has 0 bridgehead atoms. The van der Waals surface area contributed by atoms with Gasteiger partial charge >= 0.3 is 5.97 Å². The molecule has 1 unspecified atom stereocenters. The van der Waals surface area contributed by atoms with Gasteiger partial charge in [-0.05, 0) is 49.7 Å². The largest absolute Gasteiger partial charge is 0.490 e. The molecule has 2 aromatic heterocycles. The van der Waals surface area contributed by atoms with E-state index in [1.54, 1.807) is 31.2 Å². The summed E-state index contributed by atoms with van der Waals surface area (Å²) in [4.78, 5) is 45.8. The molecule has 200 valence electrons. The van der Waals surface area contributed by atoms with Gasteiger partial charge in [-0.15, -0.1) is 0 Å². The van der Waals surface area contributed by atoms with Crippen LogP contribution in [0.4, 0.5) is 9.52 Å². The van der Waals surface area contributed by atoms with Crippen molar-refractivity contribution in [3.05, 3.63) is 92.6 Å². The van der Waals surface area contributed by atoms with Crippen molar-refractivity contribution in [3.63, 3.8) is 0 Å². The summed E-state index contributed by atoms with van der Waals surface area (Å²) < 4.78 is 36.3. The number of aromatic nitrogens is 1. The molecule has 0 aliphatic carbocycles. The van der Waals surface area contributed by atoms with Crippen LogP contribution in [0.5, 0.6) is 11.5 Å². The number of methoxy groups -OCH3 is 1. The molecule has 3 heterocycles. The van der Waals surface area contributed by atoms with Gasteiger partial charge in [0.15, 0.2) is 22.1 Å². The third-order valence-electron chi connectivity index (χ3n) is 6.13. The van der Waals surface area contributed by atoms with Gasteiger partial charge in [0, 0.05) is 0 Å². The Hall–Kier alpha value is -4.51. The van der Waals surface area contributed by atoms with Crippen molar-refractivity contribution in [2.24, 2.45) is 0 Å². The minimum Gasteiger partial charge on any atom is -0.490 e. The number of anilines is 1. The topological polar surface area (TPSA) is 108 Å². The van der Waals surface area contributed by atoms with Gasteiger partial charge < -0.3 is 18.6 Å². The molecule has 0 saturated carbocycles. The van der Waals surface area contributed by atoms with Gasteiger partial charge in [0.25, 0.3) is 5.91 Å². The number of nitrogens with zero attached hydrogens (tertiary/aromatic N) is 2. The fourth-order valence-electron chi connectivity index (χ4n) is 4.46. The molecule has 1 aliphatic heterocycles. The summed E-state index contributed by atoms with van der Waals surface area (Å²) in [6.07, 6.45) is 1.59. The third-order valence-corrected chi connectivity index (χ3v) is 7.27. The standard InChI is InChI=1S/C28H23FN2O7S/c1-5-11-37-19-9-7-15(12-20(19)36-6-2)22-21-23(32)17-13-16(29)8-10-18(17)38-24(21)26(33)31(22)28-30-14(3)25(39-28)27(34)35-4/h5,7-10,12-13,22H,1,6,11H2,2-4H3. The smallest absolute Gasteiger partial charge is 0.350 e. The summed E-state index contributed by atoms with van der Waals surface area (Å²) >= 11 is 0.952. The first-order chi connectivity index (χ1) is 18.8. The van der Waals surface area contributed by atoms with Gasteiger partial charge in [-0.1, -0.05) is 30.1 Å². The average molecular weight is 551 g/mol. The molecular weight excluding hydrogens is 527 g/mol. The lowest BCUT2D eigenvalue weighted by Crippen LogP contribution is -2.29. The Labute approximate surface area is 226 Å². The molecule has 1 aliphatic rings. The van der Waals surface area contributed by atoms with Crippen LogP contribution in [-0.4, -0.2) is 37.2 Å². The number of benzene rings is 2. The first-order valence-electron chi connectivity index (χ1n) is 11.9. The summed E-state index contributed by atoms with van der Waals surface area (Å²) in [6, 6.07) is 7.54. The van der Waals surface area contributed by atoms with Crippen LogP contribution in [0.3, 0.4) is 0 Å². The Kier molecular flexibility index (Phi) is 6.92. The number of rotatable bonds is 8. The Morgan fingerprint density at radius 3 is 2.72 bits per heavy atom. The molecular formula is C28H23FN2O7S. The number of ether oxygens (including phenoxy) is 3. The van der Waals surface area contributed by atoms with Crippen molar-refractivity contribution < 1.29 is 32.6 Å². The lowest BCUT2D eigenvalue weighted by Gasteiger charge is -2.23. The summed E-state index contributed by atoms with van der Waals surface area (Å²) in [5.74, 6) is -1.21. The number of carbonyl (C=O) groups is 2. The zero-order valence-electron chi connectivity index (χ0n) is 21.3. The zero-order valence-corrected chi connectivity index (χ0v) is 22.1. The predicted molar refractivity (Wildman–Crippen MR) is 143 cm³/mol. The number of esters is 1. The van der Waals surface area contributed by atoms with E-state index >= 15 is 0 Å². The fourth-order valence-corrected chi connectivity index (χ4v) is 5.47. The highest BCUT2D eigenvalue weighted by atomic mass is 32.1. The second-order valence-electron chi connectivity index (χ2n) is 8.53. The average Bonchev–Trinajstić information content (AvgIpc) is 3.45. The number of aryl methyl sites for hydroxylation is 1. The molecule has 11 heteroatoms. The molecule has 5 rings (SSSR count). The molecule has 1 atom stereocenters. The van der Waals surface area contributed by atoms with E-state index in [2.05, 4.69) is 11.6 Å². The highest BCUT2D eigenvalue weighted by Crippen LogP contribution is 2.45. The van der Waals surface area contributed by atoms with Crippen LogP contribution in [-0.2, 0) is 4.74 Å². The molecule has 0 saturated heterocycles. The van der Waals surface area contributed by atoms with Gasteiger partial charge in [-0.3, -0.25) is 14.5 Å². The van der Waals surface area contributed by atoms with Gasteiger partial charge in [0.2, 0.25) is 5.76 Å². The number of amides is 1. The molecule has 0 N–H and O–H groups in total. The first kappa shape index (κ1) is 26.1. The normalized spacial score (nSPS) is 14.4. The quantitative estimate of drug-likeness (QED) is 0.218. The second kappa shape index (κ2) is 10.3. The SMILES string of the molecule is C=CCOc1ccc(C2c3c(oc4ccc(F)cc4c3=O)C(=O)N2c2nc(C)c(C(=O)OC)s2)cc1OCC. The minimum atomic E-state index is -1.01. The minimum absolute atomic E-state index is 0.00469. The van der Waals surface area contributed by atoms with E-state index in [4.69, 9.17) is 18.6 Å². The van der Waals surface area contributed by atoms with Gasteiger partial charge in [-0.25, -0.2) is 14.2 Å². The molecule has 0 fully saturated rings. The highest BCUT2D eigenvalue weighted by Gasteiger charge is 2.45. The van der Waals surface area contributed by atoms with Crippen LogP contribution in [0, 0.1) is 12.7 Å². The van der Waals surface area contributed by atoms with Gasteiger partial charge in [0.05, 0.1) is 36.4 Å². The van der Waals surface area contributed by atoms with E-state index < -0.39 is 29.2 Å². The van der Waals surface area contributed by atoms with Crippen LogP contribution in [0.25, 0.3) is 11.0 Å². The Morgan fingerprint density at radius 2 is 2.00 bits per heavy atom. The number of halogens is 1. The maximum absolute atomic E-state index is 14.1. The van der Waals surface area contributed by atoms with Gasteiger partial charge in [-0.2, -0.15) is 0 Å². The zero-order chi connectivity index (χ0) is 27.8. The number of hydrogen-bond donors (Lipinski definition) is 0. The molecule has 39 heavy (non-hydrogen) atoms. The predicted octanol–water partition coefficient (Wildman–Crippen LogP) is 5.20. The number of fused-ring (bicyclic) bond motifs is 2. The van der Waals surface area contributed by atoms with E-state index in [0.29, 0.717) is 29.4 Å². The molecule has 0 radical (unpaired) electrons. The Morgan fingerprint density at radius 1 is 1.21 bits per heavy atom. The van der Waals surface area contributed by atoms with Crippen LogP contribution in [0.2, 0.25) is 0 Å². The Balaban J connectivity index is 1.76. The van der Waals surface area contributed by atoms with Crippen molar-refractivity contribution in [2.45, 2.75) is 19.9 Å². The summed E-state index contributed by atoms with van der Waals surface area (Å²) in [7, 11) is 1.25. The molecule has 4 aromatic rings. The van der Waals surface area contributed by atoms with Crippen LogP contribution in [0.1, 0.15) is 50.0 Å². The van der Waals surface area contributed by atoms with E-state index in [1.165, 1.54) is 18.1 Å². The van der Waals surface area contributed by atoms with Crippen molar-refractivity contribution in [1.82, 2.24) is 4.98 Å². The summed E-state index contributed by atoms with van der Waals surface area (Å²) in [6.45, 7) is 7.66. The maximum atomic E-state index is 14.1. The Bertz CT molecular complexity index is 1690. The summed E-state index contributed by atoms with van der Waals surface area (Å²) in [5.41, 5.74) is 0.389. The third kappa shape index (κ3) is 4.44. The fraction of sp³-hybridized carbons (Fsp3) is 0.214. The lowest BCUT2D eigenvalue weighted by molar-refractivity contribution is 0.0605. The van der Waals surface area contributed by atoms with Crippen LogP contribution < -0.4 is 19.8 Å². The van der Waals surface area contributed by atoms with E-state index in [0.717, 1.165) is 23.5 Å². The second-order valence-corrected chi connectivity index (χ2v) is 9.51. The molecule has 1 amide bonds.